The van der Waals surface area contributed by atoms with Gasteiger partial charge in [0.25, 0.3) is 0 Å². The van der Waals surface area contributed by atoms with Crippen molar-refractivity contribution in [3.05, 3.63) is 46.2 Å². The van der Waals surface area contributed by atoms with Crippen LogP contribution in [-0.2, 0) is 19.6 Å². The lowest BCUT2D eigenvalue weighted by Gasteiger charge is -2.11. The molecule has 1 heterocycles. The zero-order valence-corrected chi connectivity index (χ0v) is 12.9. The summed E-state index contributed by atoms with van der Waals surface area (Å²) in [6.45, 7) is 6.39. The number of hydrogen-bond donors (Lipinski definition) is 1. The number of methoxy groups -OCH3 is 1. The van der Waals surface area contributed by atoms with Crippen molar-refractivity contribution in [2.75, 3.05) is 7.11 Å². The minimum absolute atomic E-state index is 0.663. The molecule has 0 aliphatic heterocycles. The molecule has 5 heteroatoms. The SMILES string of the molecule is CCn1nc(C)cc1CNCc1c(Cl)cccc1OC. The van der Waals surface area contributed by atoms with E-state index in [1.54, 1.807) is 7.11 Å². The van der Waals surface area contributed by atoms with Crippen LogP contribution in [-0.4, -0.2) is 16.9 Å². The Hall–Kier alpha value is -1.52. The maximum Gasteiger partial charge on any atom is 0.124 e. The molecule has 20 heavy (non-hydrogen) atoms. The van der Waals surface area contributed by atoms with E-state index in [0.29, 0.717) is 6.54 Å². The van der Waals surface area contributed by atoms with Crippen molar-refractivity contribution in [3.8, 4) is 5.75 Å². The van der Waals surface area contributed by atoms with Gasteiger partial charge >= 0.3 is 0 Å². The molecule has 0 fully saturated rings. The fraction of sp³-hybridized carbons (Fsp3) is 0.400. The van der Waals surface area contributed by atoms with E-state index in [1.807, 2.05) is 29.8 Å². The van der Waals surface area contributed by atoms with Gasteiger partial charge in [0, 0.05) is 30.2 Å². The van der Waals surface area contributed by atoms with Crippen molar-refractivity contribution in [3.63, 3.8) is 0 Å². The Bertz CT molecular complexity index is 580. The van der Waals surface area contributed by atoms with Crippen molar-refractivity contribution in [1.82, 2.24) is 15.1 Å². The van der Waals surface area contributed by atoms with Gasteiger partial charge in [0.1, 0.15) is 5.75 Å². The number of ether oxygens (including phenoxy) is 1. The first kappa shape index (κ1) is 14.9. The van der Waals surface area contributed by atoms with Gasteiger partial charge in [-0.1, -0.05) is 17.7 Å². The van der Waals surface area contributed by atoms with E-state index < -0.39 is 0 Å². The monoisotopic (exact) mass is 293 g/mol. The third-order valence-corrected chi connectivity index (χ3v) is 3.54. The van der Waals surface area contributed by atoms with Crippen LogP contribution in [0.5, 0.6) is 5.75 Å². The van der Waals surface area contributed by atoms with E-state index in [2.05, 4.69) is 23.4 Å². The van der Waals surface area contributed by atoms with Crippen LogP contribution in [0.3, 0.4) is 0 Å². The second kappa shape index (κ2) is 6.77. The summed E-state index contributed by atoms with van der Waals surface area (Å²) in [5, 5.41) is 8.55. The van der Waals surface area contributed by atoms with Crippen molar-refractivity contribution in [2.45, 2.75) is 33.5 Å². The highest BCUT2D eigenvalue weighted by molar-refractivity contribution is 6.31. The highest BCUT2D eigenvalue weighted by Crippen LogP contribution is 2.25. The number of hydrogen-bond acceptors (Lipinski definition) is 3. The summed E-state index contributed by atoms with van der Waals surface area (Å²) in [6.07, 6.45) is 0. The summed E-state index contributed by atoms with van der Waals surface area (Å²) in [4.78, 5) is 0. The molecule has 2 rings (SSSR count). The molecule has 108 valence electrons. The number of aryl methyl sites for hydroxylation is 2. The molecule has 0 amide bonds. The molecule has 0 radical (unpaired) electrons. The lowest BCUT2D eigenvalue weighted by Crippen LogP contribution is -2.16. The van der Waals surface area contributed by atoms with Crippen molar-refractivity contribution < 1.29 is 4.74 Å². The minimum atomic E-state index is 0.663. The molecule has 0 spiro atoms. The lowest BCUT2D eigenvalue weighted by molar-refractivity contribution is 0.407. The van der Waals surface area contributed by atoms with Crippen LogP contribution in [0.2, 0.25) is 5.02 Å². The second-order valence-electron chi connectivity index (χ2n) is 4.62. The zero-order chi connectivity index (χ0) is 14.5. The first-order chi connectivity index (χ1) is 9.65. The number of halogens is 1. The third-order valence-electron chi connectivity index (χ3n) is 3.19. The van der Waals surface area contributed by atoms with Crippen molar-refractivity contribution in [1.29, 1.82) is 0 Å². The third kappa shape index (κ3) is 3.32. The Morgan fingerprint density at radius 1 is 1.35 bits per heavy atom. The maximum atomic E-state index is 6.22. The van der Waals surface area contributed by atoms with Gasteiger partial charge in [-0.3, -0.25) is 4.68 Å². The fourth-order valence-electron chi connectivity index (χ4n) is 2.23. The normalized spacial score (nSPS) is 10.8. The molecule has 1 aromatic heterocycles. The first-order valence-electron chi connectivity index (χ1n) is 6.71. The molecule has 0 aliphatic rings. The molecule has 1 N–H and O–H groups in total. The Labute approximate surface area is 124 Å². The number of nitrogens with one attached hydrogen (secondary N) is 1. The number of nitrogens with zero attached hydrogens (tertiary/aromatic N) is 2. The van der Waals surface area contributed by atoms with E-state index >= 15 is 0 Å². The molecule has 0 atom stereocenters. The average Bonchev–Trinajstić information content (AvgIpc) is 2.80. The molecular formula is C15H20ClN3O. The molecular weight excluding hydrogens is 274 g/mol. The average molecular weight is 294 g/mol. The van der Waals surface area contributed by atoms with Gasteiger partial charge < -0.3 is 10.1 Å². The van der Waals surface area contributed by atoms with Gasteiger partial charge in [-0.15, -0.1) is 0 Å². The molecule has 0 saturated carbocycles. The Morgan fingerprint density at radius 3 is 2.85 bits per heavy atom. The molecule has 0 aliphatic carbocycles. The molecule has 1 aromatic carbocycles. The van der Waals surface area contributed by atoms with Crippen LogP contribution in [0, 0.1) is 6.92 Å². The summed E-state index contributed by atoms with van der Waals surface area (Å²) in [5.74, 6) is 0.810. The van der Waals surface area contributed by atoms with E-state index in [4.69, 9.17) is 16.3 Å². The van der Waals surface area contributed by atoms with Gasteiger partial charge in [-0.25, -0.2) is 0 Å². The quantitative estimate of drug-likeness (QED) is 0.889. The van der Waals surface area contributed by atoms with E-state index in [0.717, 1.165) is 35.1 Å². The standard InChI is InChI=1S/C15H20ClN3O/c1-4-19-12(8-11(2)18-19)9-17-10-13-14(16)6-5-7-15(13)20-3/h5-8,17H,4,9-10H2,1-3H3. The van der Waals surface area contributed by atoms with Crippen LogP contribution in [0.25, 0.3) is 0 Å². The lowest BCUT2D eigenvalue weighted by atomic mass is 10.2. The van der Waals surface area contributed by atoms with E-state index in [9.17, 15) is 0 Å². The fourth-order valence-corrected chi connectivity index (χ4v) is 2.47. The topological polar surface area (TPSA) is 39.1 Å². The summed E-state index contributed by atoms with van der Waals surface area (Å²) in [6, 6.07) is 7.78. The van der Waals surface area contributed by atoms with Crippen LogP contribution < -0.4 is 10.1 Å². The maximum absolute atomic E-state index is 6.22. The van der Waals surface area contributed by atoms with Crippen LogP contribution in [0.15, 0.2) is 24.3 Å². The van der Waals surface area contributed by atoms with Crippen LogP contribution in [0.1, 0.15) is 23.9 Å². The summed E-state index contributed by atoms with van der Waals surface area (Å²) in [7, 11) is 1.66. The van der Waals surface area contributed by atoms with Gasteiger partial charge in [-0.05, 0) is 32.0 Å². The summed E-state index contributed by atoms with van der Waals surface area (Å²) < 4.78 is 7.34. The highest BCUT2D eigenvalue weighted by Gasteiger charge is 2.08. The largest absolute Gasteiger partial charge is 0.496 e. The van der Waals surface area contributed by atoms with Gasteiger partial charge in [0.15, 0.2) is 0 Å². The molecule has 0 saturated heterocycles. The smallest absolute Gasteiger partial charge is 0.124 e. The Kier molecular flexibility index (Phi) is 5.04. The van der Waals surface area contributed by atoms with Crippen LogP contribution >= 0.6 is 11.6 Å². The molecule has 0 unspecified atom stereocenters. The Balaban J connectivity index is 2.03. The van der Waals surface area contributed by atoms with Crippen molar-refractivity contribution in [2.24, 2.45) is 0 Å². The van der Waals surface area contributed by atoms with Gasteiger partial charge in [-0.2, -0.15) is 5.10 Å². The van der Waals surface area contributed by atoms with E-state index in [-0.39, 0.29) is 0 Å². The molecule has 2 aromatic rings. The van der Waals surface area contributed by atoms with Gasteiger partial charge in [0.05, 0.1) is 18.5 Å². The number of aromatic nitrogens is 2. The van der Waals surface area contributed by atoms with Gasteiger partial charge in [0.2, 0.25) is 0 Å². The van der Waals surface area contributed by atoms with Crippen LogP contribution in [0.4, 0.5) is 0 Å². The molecule has 4 nitrogen and oxygen atoms in total. The summed E-state index contributed by atoms with van der Waals surface area (Å²) in [5.41, 5.74) is 3.20. The zero-order valence-electron chi connectivity index (χ0n) is 12.1. The number of benzene rings is 1. The van der Waals surface area contributed by atoms with E-state index in [1.165, 1.54) is 5.69 Å². The van der Waals surface area contributed by atoms with Crippen molar-refractivity contribution >= 4 is 11.6 Å². The Morgan fingerprint density at radius 2 is 2.15 bits per heavy atom. The summed E-state index contributed by atoms with van der Waals surface area (Å²) >= 11 is 6.22. The second-order valence-corrected chi connectivity index (χ2v) is 5.02. The minimum Gasteiger partial charge on any atom is -0.496 e. The molecule has 0 bridgehead atoms. The predicted octanol–water partition coefficient (Wildman–Crippen LogP) is 3.16. The predicted molar refractivity (Wildman–Crippen MR) is 81.2 cm³/mol. The highest BCUT2D eigenvalue weighted by atomic mass is 35.5. The number of rotatable bonds is 6. The first-order valence-corrected chi connectivity index (χ1v) is 7.09.